The number of carboxylic acids is 1. The Balaban J connectivity index is 1.82. The summed E-state index contributed by atoms with van der Waals surface area (Å²) in [6.07, 6.45) is 2.21. The van der Waals surface area contributed by atoms with Gasteiger partial charge in [-0.2, -0.15) is 0 Å². The molecule has 0 amide bonds. The molecular formula is C25H23BrO4S. The van der Waals surface area contributed by atoms with E-state index in [9.17, 15) is 4.79 Å². The minimum Gasteiger partial charge on any atom is -0.493 e. The Kier molecular flexibility index (Phi) is 8.62. The fourth-order valence-corrected chi connectivity index (χ4v) is 4.51. The number of ether oxygens (including phenoxy) is 2. The number of aliphatic carboxylic acids is 1. The van der Waals surface area contributed by atoms with Crippen LogP contribution in [-0.2, 0) is 4.79 Å². The molecule has 31 heavy (non-hydrogen) atoms. The molecule has 0 aliphatic carbocycles. The van der Waals surface area contributed by atoms with Crippen molar-refractivity contribution >= 4 is 39.2 Å². The van der Waals surface area contributed by atoms with Crippen molar-refractivity contribution in [2.24, 2.45) is 0 Å². The van der Waals surface area contributed by atoms with Gasteiger partial charge >= 0.3 is 5.97 Å². The zero-order chi connectivity index (χ0) is 22.1. The van der Waals surface area contributed by atoms with E-state index < -0.39 is 5.97 Å². The van der Waals surface area contributed by atoms with E-state index in [2.05, 4.69) is 40.2 Å². The van der Waals surface area contributed by atoms with Crippen molar-refractivity contribution in [1.82, 2.24) is 0 Å². The van der Waals surface area contributed by atoms with Crippen molar-refractivity contribution in [1.29, 1.82) is 0 Å². The van der Waals surface area contributed by atoms with Crippen molar-refractivity contribution < 1.29 is 19.4 Å². The fourth-order valence-electron chi connectivity index (χ4n) is 3.02. The molecule has 0 bridgehead atoms. The molecule has 0 aliphatic rings. The highest BCUT2D eigenvalue weighted by Gasteiger charge is 2.11. The lowest BCUT2D eigenvalue weighted by Crippen LogP contribution is -2.09. The highest BCUT2D eigenvalue weighted by molar-refractivity contribution is 9.10. The number of thioether (sulfide) groups is 1. The van der Waals surface area contributed by atoms with Crippen molar-refractivity contribution in [3.8, 4) is 11.5 Å². The van der Waals surface area contributed by atoms with Crippen LogP contribution in [0.15, 0.2) is 88.2 Å². The normalized spacial score (nSPS) is 11.2. The van der Waals surface area contributed by atoms with Gasteiger partial charge in [-0.3, -0.25) is 0 Å². The maximum atomic E-state index is 10.7. The third kappa shape index (κ3) is 6.64. The van der Waals surface area contributed by atoms with Crippen molar-refractivity contribution in [3.63, 3.8) is 0 Å². The Hall–Kier alpha value is -2.70. The van der Waals surface area contributed by atoms with E-state index in [0.29, 0.717) is 12.4 Å². The number of hydrogen-bond acceptors (Lipinski definition) is 4. The van der Waals surface area contributed by atoms with E-state index in [1.165, 1.54) is 0 Å². The summed E-state index contributed by atoms with van der Waals surface area (Å²) >= 11 is 5.24. The molecule has 0 unspecified atom stereocenters. The molecule has 3 rings (SSSR count). The summed E-state index contributed by atoms with van der Waals surface area (Å²) in [5.74, 6) is 1.13. The second-order valence-electron chi connectivity index (χ2n) is 6.50. The van der Waals surface area contributed by atoms with Crippen LogP contribution in [0.3, 0.4) is 0 Å². The first-order chi connectivity index (χ1) is 15.1. The Morgan fingerprint density at radius 2 is 1.77 bits per heavy atom. The number of carboxylic acid groups (broad SMARTS) is 1. The Morgan fingerprint density at radius 1 is 1.03 bits per heavy atom. The zero-order valence-corrected chi connectivity index (χ0v) is 19.5. The van der Waals surface area contributed by atoms with Gasteiger partial charge in [0, 0.05) is 20.7 Å². The minimum absolute atomic E-state index is 0.360. The minimum atomic E-state index is -1.000. The molecule has 4 nitrogen and oxygen atoms in total. The molecule has 0 aliphatic heterocycles. The number of hydrogen-bond donors (Lipinski definition) is 1. The van der Waals surface area contributed by atoms with Crippen LogP contribution in [-0.4, -0.2) is 30.0 Å². The number of para-hydroxylation sites is 1. The van der Waals surface area contributed by atoms with E-state index in [-0.39, 0.29) is 6.61 Å². The van der Waals surface area contributed by atoms with Crippen LogP contribution in [0.25, 0.3) is 5.57 Å². The first-order valence-corrected chi connectivity index (χ1v) is 11.6. The third-order valence-corrected chi connectivity index (χ3v) is 6.27. The van der Waals surface area contributed by atoms with Gasteiger partial charge in [0.05, 0.1) is 6.61 Å². The fraction of sp³-hybridized carbons (Fsp3) is 0.160. The molecule has 0 fully saturated rings. The highest BCUT2D eigenvalue weighted by atomic mass is 79.9. The molecule has 3 aromatic carbocycles. The highest BCUT2D eigenvalue weighted by Crippen LogP contribution is 2.34. The molecule has 0 saturated heterocycles. The molecule has 0 spiro atoms. The first-order valence-electron chi connectivity index (χ1n) is 9.83. The average molecular weight is 499 g/mol. The summed E-state index contributed by atoms with van der Waals surface area (Å²) in [4.78, 5) is 11.7. The number of rotatable bonds is 10. The Bertz CT molecular complexity index is 1050. The number of halogens is 1. The molecule has 0 atom stereocenters. The van der Waals surface area contributed by atoms with Crippen molar-refractivity contribution in [3.05, 3.63) is 94.5 Å². The lowest BCUT2D eigenvalue weighted by atomic mass is 9.97. The van der Waals surface area contributed by atoms with Gasteiger partial charge in [-0.05, 0) is 58.3 Å². The molecule has 0 aromatic heterocycles. The molecule has 0 radical (unpaired) electrons. The van der Waals surface area contributed by atoms with E-state index in [4.69, 9.17) is 14.6 Å². The molecule has 0 heterocycles. The average Bonchev–Trinajstić information content (AvgIpc) is 2.78. The standard InChI is InChI=1S/C25H23BrO4S/c1-2-29-23-11-7-6-10-21(23)20(18-8-4-3-5-9-18)14-15-31-24-13-12-19(16-22(24)26)30-17-25(27)28/h3-14,16H,2,15,17H2,1H3,(H,27,28). The zero-order valence-electron chi connectivity index (χ0n) is 17.1. The quantitative estimate of drug-likeness (QED) is 0.321. The maximum absolute atomic E-state index is 10.7. The number of benzene rings is 3. The van der Waals surface area contributed by atoms with E-state index in [0.717, 1.165) is 37.6 Å². The van der Waals surface area contributed by atoms with Crippen LogP contribution in [0.2, 0.25) is 0 Å². The van der Waals surface area contributed by atoms with Gasteiger partial charge in [0.25, 0.3) is 0 Å². The predicted octanol–water partition coefficient (Wildman–Crippen LogP) is 6.54. The van der Waals surface area contributed by atoms with Gasteiger partial charge in [0.15, 0.2) is 6.61 Å². The summed E-state index contributed by atoms with van der Waals surface area (Å²) in [5, 5.41) is 8.75. The summed E-state index contributed by atoms with van der Waals surface area (Å²) in [7, 11) is 0. The molecule has 6 heteroatoms. The lowest BCUT2D eigenvalue weighted by molar-refractivity contribution is -0.139. The monoisotopic (exact) mass is 498 g/mol. The third-order valence-electron chi connectivity index (χ3n) is 4.35. The molecule has 160 valence electrons. The van der Waals surface area contributed by atoms with Gasteiger partial charge in [-0.25, -0.2) is 4.79 Å². The predicted molar refractivity (Wildman–Crippen MR) is 129 cm³/mol. The van der Waals surface area contributed by atoms with Crippen LogP contribution in [0.4, 0.5) is 0 Å². The van der Waals surface area contributed by atoms with Crippen LogP contribution >= 0.6 is 27.7 Å². The van der Waals surface area contributed by atoms with E-state index >= 15 is 0 Å². The van der Waals surface area contributed by atoms with Crippen LogP contribution < -0.4 is 9.47 Å². The molecule has 1 N–H and O–H groups in total. The van der Waals surface area contributed by atoms with Gasteiger partial charge < -0.3 is 14.6 Å². The molecule has 0 saturated carbocycles. The van der Waals surface area contributed by atoms with Gasteiger partial charge in [-0.15, -0.1) is 11.8 Å². The summed E-state index contributed by atoms with van der Waals surface area (Å²) in [5.41, 5.74) is 3.31. The summed E-state index contributed by atoms with van der Waals surface area (Å²) < 4.78 is 12.0. The Labute approximate surface area is 195 Å². The summed E-state index contributed by atoms with van der Waals surface area (Å²) in [6, 6.07) is 23.9. The van der Waals surface area contributed by atoms with Crippen molar-refractivity contribution in [2.75, 3.05) is 19.0 Å². The van der Waals surface area contributed by atoms with Gasteiger partial charge in [0.1, 0.15) is 11.5 Å². The largest absolute Gasteiger partial charge is 0.493 e. The SMILES string of the molecule is CCOc1ccccc1C(=CCSc1ccc(OCC(=O)O)cc1Br)c1ccccc1. The topological polar surface area (TPSA) is 55.8 Å². The number of carbonyl (C=O) groups is 1. The van der Waals surface area contributed by atoms with E-state index in [1.807, 2.05) is 49.4 Å². The first kappa shape index (κ1) is 23.0. The maximum Gasteiger partial charge on any atom is 0.341 e. The molecular weight excluding hydrogens is 476 g/mol. The smallest absolute Gasteiger partial charge is 0.341 e. The summed E-state index contributed by atoms with van der Waals surface area (Å²) in [6.45, 7) is 2.23. The lowest BCUT2D eigenvalue weighted by Gasteiger charge is -2.14. The second kappa shape index (κ2) is 11.6. The second-order valence-corrected chi connectivity index (χ2v) is 8.41. The molecule has 3 aromatic rings. The van der Waals surface area contributed by atoms with Crippen LogP contribution in [0, 0.1) is 0 Å². The van der Waals surface area contributed by atoms with Gasteiger partial charge in [-0.1, -0.05) is 54.6 Å². The van der Waals surface area contributed by atoms with Gasteiger partial charge in [0.2, 0.25) is 0 Å². The van der Waals surface area contributed by atoms with Crippen LogP contribution in [0.5, 0.6) is 11.5 Å². The van der Waals surface area contributed by atoms with Crippen molar-refractivity contribution in [2.45, 2.75) is 11.8 Å². The van der Waals surface area contributed by atoms with Crippen LogP contribution in [0.1, 0.15) is 18.1 Å². The van der Waals surface area contributed by atoms with E-state index in [1.54, 1.807) is 23.9 Å². The Morgan fingerprint density at radius 3 is 2.48 bits per heavy atom.